The predicted octanol–water partition coefficient (Wildman–Crippen LogP) is 5.66. The maximum atomic E-state index is 3.67. The van der Waals surface area contributed by atoms with Crippen LogP contribution in [0.25, 0.3) is 0 Å². The second-order valence-corrected chi connectivity index (χ2v) is 4.68. The minimum absolute atomic E-state index is 0.295. The first-order valence-electron chi connectivity index (χ1n) is 7.36. The fourth-order valence-electron chi connectivity index (χ4n) is 1.91. The number of para-hydroxylation sites is 1. The first-order valence-corrected chi connectivity index (χ1v) is 7.36. The summed E-state index contributed by atoms with van der Waals surface area (Å²) in [6.07, 6.45) is 19.4. The van der Waals surface area contributed by atoms with Crippen molar-refractivity contribution in [1.82, 2.24) is 0 Å². The van der Waals surface area contributed by atoms with Crippen LogP contribution in [0.4, 0.5) is 5.69 Å². The summed E-state index contributed by atoms with van der Waals surface area (Å²) in [7, 11) is 0. The van der Waals surface area contributed by atoms with E-state index >= 15 is 0 Å². The molecule has 1 atom stereocenters. The average Bonchev–Trinajstić information content (AvgIpc) is 2.52. The standard InChI is InChI=1S/C20H25N/c1-4-6-8-9-14-18-21(19(3)15-11-7-5-2)20-16-12-10-13-17-20/h4-8,10-19H,1,9H2,2-3H3/b7-5-,8-6?,15-11-,18-14+. The van der Waals surface area contributed by atoms with E-state index in [0.29, 0.717) is 6.04 Å². The minimum Gasteiger partial charge on any atom is -0.342 e. The highest BCUT2D eigenvalue weighted by Gasteiger charge is 2.07. The third-order valence-electron chi connectivity index (χ3n) is 3.00. The lowest BCUT2D eigenvalue weighted by atomic mass is 10.2. The molecule has 0 spiro atoms. The topological polar surface area (TPSA) is 3.24 Å². The van der Waals surface area contributed by atoms with Gasteiger partial charge in [-0.2, -0.15) is 0 Å². The number of hydrogen-bond donors (Lipinski definition) is 0. The highest BCUT2D eigenvalue weighted by Crippen LogP contribution is 2.18. The number of allylic oxidation sites excluding steroid dienone is 7. The Bertz CT molecular complexity index is 506. The zero-order valence-corrected chi connectivity index (χ0v) is 13.0. The highest BCUT2D eigenvalue weighted by molar-refractivity contribution is 5.51. The zero-order chi connectivity index (χ0) is 15.3. The molecule has 0 amide bonds. The third-order valence-corrected chi connectivity index (χ3v) is 3.00. The Morgan fingerprint density at radius 3 is 2.52 bits per heavy atom. The van der Waals surface area contributed by atoms with Crippen LogP contribution in [-0.2, 0) is 0 Å². The summed E-state index contributed by atoms with van der Waals surface area (Å²) in [5, 5.41) is 0. The van der Waals surface area contributed by atoms with Crippen LogP contribution < -0.4 is 4.90 Å². The van der Waals surface area contributed by atoms with Gasteiger partial charge in [0.2, 0.25) is 0 Å². The monoisotopic (exact) mass is 279 g/mol. The van der Waals surface area contributed by atoms with Crippen molar-refractivity contribution < 1.29 is 0 Å². The molecule has 0 saturated heterocycles. The SMILES string of the molecule is C=CC=CC/C=C/N(c1ccccc1)C(C)/C=C\C=C/C. The summed E-state index contributed by atoms with van der Waals surface area (Å²) < 4.78 is 0. The molecule has 0 aliphatic heterocycles. The van der Waals surface area contributed by atoms with Gasteiger partial charge in [-0.15, -0.1) is 0 Å². The third kappa shape index (κ3) is 6.62. The second kappa shape index (κ2) is 10.5. The first kappa shape index (κ1) is 16.8. The fraction of sp³-hybridized carbons (Fsp3) is 0.200. The predicted molar refractivity (Wildman–Crippen MR) is 95.4 cm³/mol. The van der Waals surface area contributed by atoms with Crippen LogP contribution in [-0.4, -0.2) is 6.04 Å². The van der Waals surface area contributed by atoms with Crippen LogP contribution in [0.15, 0.2) is 91.7 Å². The van der Waals surface area contributed by atoms with Gasteiger partial charge < -0.3 is 4.90 Å². The molecule has 1 unspecified atom stereocenters. The molecule has 1 aromatic rings. The van der Waals surface area contributed by atoms with Gasteiger partial charge in [-0.05, 0) is 32.4 Å². The van der Waals surface area contributed by atoms with Gasteiger partial charge in [0.1, 0.15) is 0 Å². The van der Waals surface area contributed by atoms with Crippen LogP contribution in [0.5, 0.6) is 0 Å². The van der Waals surface area contributed by atoms with E-state index in [9.17, 15) is 0 Å². The van der Waals surface area contributed by atoms with Crippen molar-refractivity contribution in [3.05, 3.63) is 91.7 Å². The Labute approximate surface area is 129 Å². The Hall–Kier alpha value is -2.28. The smallest absolute Gasteiger partial charge is 0.0491 e. The molecule has 1 aromatic carbocycles. The molecule has 0 saturated carbocycles. The molecule has 110 valence electrons. The van der Waals surface area contributed by atoms with E-state index in [1.54, 1.807) is 6.08 Å². The summed E-state index contributed by atoms with van der Waals surface area (Å²) in [4.78, 5) is 2.27. The summed E-state index contributed by atoms with van der Waals surface area (Å²) in [6, 6.07) is 10.7. The lowest BCUT2D eigenvalue weighted by molar-refractivity contribution is 0.855. The van der Waals surface area contributed by atoms with Crippen LogP contribution in [0.3, 0.4) is 0 Å². The normalized spacial score (nSPS) is 13.6. The van der Waals surface area contributed by atoms with E-state index in [-0.39, 0.29) is 0 Å². The summed E-state index contributed by atoms with van der Waals surface area (Å²) in [5.74, 6) is 0. The van der Waals surface area contributed by atoms with Crippen LogP contribution in [0.1, 0.15) is 20.3 Å². The second-order valence-electron chi connectivity index (χ2n) is 4.68. The van der Waals surface area contributed by atoms with Gasteiger partial charge >= 0.3 is 0 Å². The molecule has 1 nitrogen and oxygen atoms in total. The number of nitrogens with zero attached hydrogens (tertiary/aromatic N) is 1. The van der Waals surface area contributed by atoms with Crippen molar-refractivity contribution in [1.29, 1.82) is 0 Å². The molecular formula is C20H25N. The van der Waals surface area contributed by atoms with Gasteiger partial charge in [0.15, 0.2) is 0 Å². The van der Waals surface area contributed by atoms with Gasteiger partial charge in [0.25, 0.3) is 0 Å². The van der Waals surface area contributed by atoms with Crippen LogP contribution in [0, 0.1) is 0 Å². The number of hydrogen-bond acceptors (Lipinski definition) is 1. The van der Waals surface area contributed by atoms with Crippen LogP contribution >= 0.6 is 0 Å². The van der Waals surface area contributed by atoms with Crippen molar-refractivity contribution in [3.63, 3.8) is 0 Å². The summed E-state index contributed by atoms with van der Waals surface area (Å²) in [5.41, 5.74) is 1.19. The first-order chi connectivity index (χ1) is 10.3. The Balaban J connectivity index is 2.84. The molecule has 0 bridgehead atoms. The summed E-state index contributed by atoms with van der Waals surface area (Å²) >= 11 is 0. The summed E-state index contributed by atoms with van der Waals surface area (Å²) in [6.45, 7) is 7.89. The minimum atomic E-state index is 0.295. The quantitative estimate of drug-likeness (QED) is 0.555. The van der Waals surface area contributed by atoms with Crippen LogP contribution in [0.2, 0.25) is 0 Å². The number of benzene rings is 1. The van der Waals surface area contributed by atoms with Crippen molar-refractivity contribution >= 4 is 5.69 Å². The maximum absolute atomic E-state index is 3.67. The molecule has 0 aliphatic rings. The Morgan fingerprint density at radius 2 is 1.86 bits per heavy atom. The lowest BCUT2D eigenvalue weighted by Crippen LogP contribution is -2.25. The van der Waals surface area contributed by atoms with Gasteiger partial charge in [-0.25, -0.2) is 0 Å². The highest BCUT2D eigenvalue weighted by atomic mass is 15.1. The van der Waals surface area contributed by atoms with E-state index in [1.807, 2.05) is 25.1 Å². The Kier molecular flexibility index (Phi) is 8.39. The molecule has 0 heterocycles. The molecule has 0 aliphatic carbocycles. The van der Waals surface area contributed by atoms with Gasteiger partial charge in [0, 0.05) is 17.9 Å². The molecule has 0 fully saturated rings. The van der Waals surface area contributed by atoms with Crippen molar-refractivity contribution in [3.8, 4) is 0 Å². The molecular weight excluding hydrogens is 254 g/mol. The molecule has 0 aromatic heterocycles. The van der Waals surface area contributed by atoms with Crippen molar-refractivity contribution in [2.75, 3.05) is 4.90 Å². The van der Waals surface area contributed by atoms with Crippen molar-refractivity contribution in [2.24, 2.45) is 0 Å². The number of rotatable bonds is 8. The van der Waals surface area contributed by atoms with E-state index in [1.165, 1.54) is 5.69 Å². The molecule has 1 heteroatoms. The zero-order valence-electron chi connectivity index (χ0n) is 13.0. The van der Waals surface area contributed by atoms with Gasteiger partial charge in [-0.3, -0.25) is 0 Å². The molecule has 0 radical (unpaired) electrons. The molecule has 0 N–H and O–H groups in total. The van der Waals surface area contributed by atoms with Crippen molar-refractivity contribution in [2.45, 2.75) is 26.3 Å². The molecule has 1 rings (SSSR count). The largest absolute Gasteiger partial charge is 0.342 e. The van der Waals surface area contributed by atoms with Gasteiger partial charge in [-0.1, -0.05) is 73.4 Å². The van der Waals surface area contributed by atoms with E-state index in [4.69, 9.17) is 0 Å². The van der Waals surface area contributed by atoms with E-state index in [2.05, 4.69) is 79.2 Å². The van der Waals surface area contributed by atoms with E-state index < -0.39 is 0 Å². The Morgan fingerprint density at radius 1 is 1.10 bits per heavy atom. The average molecular weight is 279 g/mol. The lowest BCUT2D eigenvalue weighted by Gasteiger charge is -2.25. The maximum Gasteiger partial charge on any atom is 0.0491 e. The van der Waals surface area contributed by atoms with E-state index in [0.717, 1.165) is 6.42 Å². The fourth-order valence-corrected chi connectivity index (χ4v) is 1.91. The number of anilines is 1. The molecule has 21 heavy (non-hydrogen) atoms. The van der Waals surface area contributed by atoms with Gasteiger partial charge in [0.05, 0.1) is 0 Å².